The molecule has 1 aromatic rings. The van der Waals surface area contributed by atoms with Crippen molar-refractivity contribution >= 4 is 21.4 Å². The van der Waals surface area contributed by atoms with Crippen molar-refractivity contribution in [1.82, 2.24) is 9.88 Å². The van der Waals surface area contributed by atoms with Gasteiger partial charge in [-0.05, 0) is 13.3 Å². The van der Waals surface area contributed by atoms with Crippen molar-refractivity contribution in [3.63, 3.8) is 0 Å². The van der Waals surface area contributed by atoms with E-state index >= 15 is 0 Å². The number of nitrogens with one attached hydrogen (secondary N) is 1. The molecule has 1 aromatic heterocycles. The summed E-state index contributed by atoms with van der Waals surface area (Å²) in [5.74, 6) is -0.724. The molecule has 22 heavy (non-hydrogen) atoms. The van der Waals surface area contributed by atoms with Gasteiger partial charge in [0, 0.05) is 12.1 Å². The van der Waals surface area contributed by atoms with Crippen molar-refractivity contribution < 1.29 is 18.1 Å². The molecule has 9 nitrogen and oxygen atoms in total. The van der Waals surface area contributed by atoms with Crippen LogP contribution in [-0.4, -0.2) is 40.9 Å². The Balaban J connectivity index is 2.11. The summed E-state index contributed by atoms with van der Waals surface area (Å²) in [7, 11) is -3.17. The minimum atomic E-state index is -3.17. The largest absolute Gasteiger partial charge is 0.348 e. The summed E-state index contributed by atoms with van der Waals surface area (Å²) in [5.41, 5.74) is -1.73. The average molecular weight is 329 g/mol. The highest BCUT2D eigenvalue weighted by atomic mass is 32.2. The molecule has 0 bridgehead atoms. The summed E-state index contributed by atoms with van der Waals surface area (Å²) in [4.78, 5) is 33.6. The third-order valence-electron chi connectivity index (χ3n) is 3.44. The van der Waals surface area contributed by atoms with E-state index in [4.69, 9.17) is 0 Å². The van der Waals surface area contributed by atoms with Crippen molar-refractivity contribution in [2.45, 2.75) is 25.4 Å². The van der Waals surface area contributed by atoms with Gasteiger partial charge in [-0.25, -0.2) is 8.42 Å². The Kier molecular flexibility index (Phi) is 4.05. The van der Waals surface area contributed by atoms with Gasteiger partial charge in [0.2, 0.25) is 5.91 Å². The molecule has 10 heteroatoms. The summed E-state index contributed by atoms with van der Waals surface area (Å²) in [5, 5.41) is 13.3. The summed E-state index contributed by atoms with van der Waals surface area (Å²) >= 11 is 0. The highest BCUT2D eigenvalue weighted by molar-refractivity contribution is 7.91. The number of amides is 1. The topological polar surface area (TPSA) is 128 Å². The second-order valence-electron chi connectivity index (χ2n) is 5.56. The zero-order chi connectivity index (χ0) is 16.5. The quantitative estimate of drug-likeness (QED) is 0.583. The molecule has 0 spiro atoms. The zero-order valence-corrected chi connectivity index (χ0v) is 12.6. The molecule has 0 aliphatic carbocycles. The lowest BCUT2D eigenvalue weighted by atomic mass is 10.0. The van der Waals surface area contributed by atoms with Gasteiger partial charge in [-0.15, -0.1) is 0 Å². The molecule has 120 valence electrons. The number of aromatic nitrogens is 1. The van der Waals surface area contributed by atoms with E-state index in [1.54, 1.807) is 6.92 Å². The molecular weight excluding hydrogens is 314 g/mol. The van der Waals surface area contributed by atoms with E-state index < -0.39 is 38.3 Å². The third-order valence-corrected chi connectivity index (χ3v) is 5.34. The third kappa shape index (κ3) is 3.70. The highest BCUT2D eigenvalue weighted by Gasteiger charge is 2.39. The molecule has 1 aliphatic heterocycles. The first-order valence-corrected chi connectivity index (χ1v) is 8.29. The van der Waals surface area contributed by atoms with Crippen molar-refractivity contribution in [3.8, 4) is 0 Å². The molecule has 0 unspecified atom stereocenters. The molecule has 1 fully saturated rings. The number of nitro groups is 1. The van der Waals surface area contributed by atoms with Crippen molar-refractivity contribution in [2.75, 3.05) is 11.5 Å². The van der Waals surface area contributed by atoms with Gasteiger partial charge in [0.05, 0.1) is 28.2 Å². The summed E-state index contributed by atoms with van der Waals surface area (Å²) in [6.45, 7) is 1.21. The Bertz CT molecular complexity index is 784. The maximum absolute atomic E-state index is 12.0. The van der Waals surface area contributed by atoms with E-state index in [0.717, 1.165) is 22.9 Å². The maximum Gasteiger partial charge on any atom is 0.285 e. The SMILES string of the molecule is C[C@@]1(NC(=O)Cn2cc([N+](=O)[O-])ccc2=O)CCS(=O)(=O)C1. The van der Waals surface area contributed by atoms with E-state index in [-0.39, 0.29) is 17.2 Å². The van der Waals surface area contributed by atoms with Crippen LogP contribution in [0.25, 0.3) is 0 Å². The fraction of sp³-hybridized carbons (Fsp3) is 0.500. The van der Waals surface area contributed by atoms with E-state index in [9.17, 15) is 28.1 Å². The monoisotopic (exact) mass is 329 g/mol. The molecule has 2 rings (SSSR count). The lowest BCUT2D eigenvalue weighted by Gasteiger charge is -2.24. The molecule has 1 saturated heterocycles. The Hall–Kier alpha value is -2.23. The van der Waals surface area contributed by atoms with E-state index in [2.05, 4.69) is 5.32 Å². The number of hydrogen-bond donors (Lipinski definition) is 1. The van der Waals surface area contributed by atoms with Gasteiger partial charge >= 0.3 is 0 Å². The van der Waals surface area contributed by atoms with Crippen LogP contribution in [0.3, 0.4) is 0 Å². The minimum Gasteiger partial charge on any atom is -0.348 e. The molecule has 0 saturated carbocycles. The number of rotatable bonds is 4. The van der Waals surface area contributed by atoms with Crippen LogP contribution in [0.2, 0.25) is 0 Å². The molecule has 1 N–H and O–H groups in total. The normalized spacial score (nSPS) is 23.1. The van der Waals surface area contributed by atoms with Crippen LogP contribution in [0, 0.1) is 10.1 Å². The van der Waals surface area contributed by atoms with Gasteiger partial charge in [0.25, 0.3) is 11.2 Å². The maximum atomic E-state index is 12.0. The number of nitrogens with zero attached hydrogens (tertiary/aromatic N) is 2. The smallest absolute Gasteiger partial charge is 0.285 e. The number of carbonyl (C=O) groups excluding carboxylic acids is 1. The number of sulfone groups is 1. The molecule has 1 aliphatic rings. The van der Waals surface area contributed by atoms with Crippen LogP contribution in [0.1, 0.15) is 13.3 Å². The standard InChI is InChI=1S/C12H15N3O6S/c1-12(4-5-22(20,21)8-12)13-10(16)7-14-6-9(15(18)19)2-3-11(14)17/h2-3,6H,4-5,7-8H2,1H3,(H,13,16)/t12-/m1/s1. The van der Waals surface area contributed by atoms with Crippen molar-refractivity contribution in [1.29, 1.82) is 0 Å². The second kappa shape index (κ2) is 5.52. The van der Waals surface area contributed by atoms with Crippen LogP contribution in [0.15, 0.2) is 23.1 Å². The molecule has 2 heterocycles. The minimum absolute atomic E-state index is 0.000533. The molecule has 1 atom stereocenters. The predicted octanol–water partition coefficient (Wildman–Crippen LogP) is -0.550. The summed E-state index contributed by atoms with van der Waals surface area (Å²) in [6, 6.07) is 2.06. The fourth-order valence-corrected chi connectivity index (χ4v) is 4.48. The van der Waals surface area contributed by atoms with Gasteiger partial charge in [-0.2, -0.15) is 0 Å². The van der Waals surface area contributed by atoms with Gasteiger partial charge in [-0.3, -0.25) is 24.3 Å². The summed E-state index contributed by atoms with van der Waals surface area (Å²) < 4.78 is 23.9. The lowest BCUT2D eigenvalue weighted by molar-refractivity contribution is -0.385. The molecular formula is C12H15N3O6S. The van der Waals surface area contributed by atoms with Crippen LogP contribution < -0.4 is 10.9 Å². The first-order chi connectivity index (χ1) is 10.1. The Morgan fingerprint density at radius 2 is 2.18 bits per heavy atom. The highest BCUT2D eigenvalue weighted by Crippen LogP contribution is 2.22. The van der Waals surface area contributed by atoms with Gasteiger partial charge in [-0.1, -0.05) is 0 Å². The molecule has 0 aromatic carbocycles. The van der Waals surface area contributed by atoms with Crippen molar-refractivity contribution in [3.05, 3.63) is 38.8 Å². The molecule has 1 amide bonds. The molecule has 0 radical (unpaired) electrons. The number of hydrogen-bond acceptors (Lipinski definition) is 6. The second-order valence-corrected chi connectivity index (χ2v) is 7.75. The average Bonchev–Trinajstić information content (AvgIpc) is 2.65. The van der Waals surface area contributed by atoms with Gasteiger partial charge in [0.15, 0.2) is 9.84 Å². The number of pyridine rings is 1. The van der Waals surface area contributed by atoms with Gasteiger partial charge < -0.3 is 5.32 Å². The van der Waals surface area contributed by atoms with E-state index in [0.29, 0.717) is 6.42 Å². The van der Waals surface area contributed by atoms with Crippen LogP contribution in [0.5, 0.6) is 0 Å². The van der Waals surface area contributed by atoms with Crippen LogP contribution in [-0.2, 0) is 21.2 Å². The van der Waals surface area contributed by atoms with Crippen molar-refractivity contribution in [2.24, 2.45) is 0 Å². The predicted molar refractivity (Wildman–Crippen MR) is 77.2 cm³/mol. The first-order valence-electron chi connectivity index (χ1n) is 6.47. The number of carbonyl (C=O) groups is 1. The Labute approximate surface area is 126 Å². The van der Waals surface area contributed by atoms with Gasteiger partial charge in [0.1, 0.15) is 6.54 Å². The van der Waals surface area contributed by atoms with E-state index in [1.165, 1.54) is 0 Å². The fourth-order valence-electron chi connectivity index (χ4n) is 2.39. The van der Waals surface area contributed by atoms with Crippen LogP contribution in [0.4, 0.5) is 5.69 Å². The Morgan fingerprint density at radius 1 is 1.50 bits per heavy atom. The van der Waals surface area contributed by atoms with E-state index in [1.807, 2.05) is 0 Å². The van der Waals surface area contributed by atoms with Crippen LogP contribution >= 0.6 is 0 Å². The Morgan fingerprint density at radius 3 is 2.73 bits per heavy atom. The lowest BCUT2D eigenvalue weighted by Crippen LogP contribution is -2.48. The first kappa shape index (κ1) is 16.1. The zero-order valence-electron chi connectivity index (χ0n) is 11.8. The summed E-state index contributed by atoms with van der Waals surface area (Å²) in [6.07, 6.45) is 1.28.